The lowest BCUT2D eigenvalue weighted by atomic mass is 10.1. The highest BCUT2D eigenvalue weighted by atomic mass is 32.2. The molecule has 0 aliphatic carbocycles. The van der Waals surface area contributed by atoms with Crippen LogP contribution in [0.15, 0.2) is 42.5 Å². The number of rotatable bonds is 7. The lowest BCUT2D eigenvalue weighted by molar-refractivity contribution is -0.116. The molecular weight excluding hydrogens is 348 g/mol. The number of amides is 1. The number of hydrogen-bond donors (Lipinski definition) is 1. The highest BCUT2D eigenvalue weighted by molar-refractivity contribution is 7.88. The molecular formula is C20H26N2O3S. The van der Waals surface area contributed by atoms with Gasteiger partial charge >= 0.3 is 0 Å². The van der Waals surface area contributed by atoms with E-state index in [2.05, 4.69) is 5.32 Å². The maximum Gasteiger partial charge on any atom is 0.225 e. The van der Waals surface area contributed by atoms with Crippen LogP contribution in [0.4, 0.5) is 5.69 Å². The summed E-state index contributed by atoms with van der Waals surface area (Å²) in [7, 11) is -3.40. The second-order valence-corrected chi connectivity index (χ2v) is 8.64. The van der Waals surface area contributed by atoms with E-state index in [1.54, 1.807) is 0 Å². The van der Waals surface area contributed by atoms with E-state index in [0.29, 0.717) is 0 Å². The third-order valence-electron chi connectivity index (χ3n) is 4.20. The van der Waals surface area contributed by atoms with Gasteiger partial charge in [0.05, 0.1) is 6.26 Å². The van der Waals surface area contributed by atoms with Crippen molar-refractivity contribution in [1.29, 1.82) is 0 Å². The molecule has 0 saturated carbocycles. The predicted octanol–water partition coefficient (Wildman–Crippen LogP) is 3.40. The third-order valence-corrected chi connectivity index (χ3v) is 5.45. The topological polar surface area (TPSA) is 66.5 Å². The first kappa shape index (κ1) is 20.1. The Morgan fingerprint density at radius 2 is 1.62 bits per heavy atom. The van der Waals surface area contributed by atoms with Gasteiger partial charge in [0.2, 0.25) is 15.9 Å². The van der Waals surface area contributed by atoms with Crippen molar-refractivity contribution in [2.24, 2.45) is 0 Å². The van der Waals surface area contributed by atoms with Crippen molar-refractivity contribution in [2.75, 3.05) is 18.1 Å². The van der Waals surface area contributed by atoms with E-state index in [-0.39, 0.29) is 25.4 Å². The van der Waals surface area contributed by atoms with E-state index in [1.165, 1.54) is 10.6 Å². The molecule has 2 aromatic carbocycles. The molecule has 0 fully saturated rings. The van der Waals surface area contributed by atoms with E-state index < -0.39 is 10.0 Å². The Balaban J connectivity index is 2.03. The van der Waals surface area contributed by atoms with Crippen LogP contribution in [0.1, 0.15) is 28.7 Å². The molecule has 0 aliphatic rings. The van der Waals surface area contributed by atoms with Crippen molar-refractivity contribution in [3.63, 3.8) is 0 Å². The third kappa shape index (κ3) is 5.68. The van der Waals surface area contributed by atoms with Crippen LogP contribution >= 0.6 is 0 Å². The summed E-state index contributed by atoms with van der Waals surface area (Å²) in [6.07, 6.45) is 1.27. The number of benzene rings is 2. The molecule has 2 rings (SSSR count). The van der Waals surface area contributed by atoms with E-state index in [4.69, 9.17) is 0 Å². The molecule has 5 nitrogen and oxygen atoms in total. The summed E-state index contributed by atoms with van der Waals surface area (Å²) in [6.45, 7) is 6.32. The number of carbonyl (C=O) groups excluding carboxylic acids is 1. The Hall–Kier alpha value is -2.18. The van der Waals surface area contributed by atoms with E-state index in [1.807, 2.05) is 63.2 Å². The van der Waals surface area contributed by atoms with Gasteiger partial charge in [-0.2, -0.15) is 4.31 Å². The van der Waals surface area contributed by atoms with Crippen molar-refractivity contribution >= 4 is 21.6 Å². The zero-order chi connectivity index (χ0) is 19.3. The second-order valence-electron chi connectivity index (χ2n) is 6.65. The fourth-order valence-corrected chi connectivity index (χ4v) is 3.76. The molecule has 26 heavy (non-hydrogen) atoms. The molecule has 0 atom stereocenters. The Kier molecular flexibility index (Phi) is 6.56. The molecule has 6 heteroatoms. The quantitative estimate of drug-likeness (QED) is 0.808. The number of carbonyl (C=O) groups is 1. The number of nitrogens with one attached hydrogen (secondary N) is 1. The Morgan fingerprint density at radius 1 is 1.04 bits per heavy atom. The summed E-state index contributed by atoms with van der Waals surface area (Å²) < 4.78 is 25.4. The minimum absolute atomic E-state index is 0.104. The lowest BCUT2D eigenvalue weighted by Crippen LogP contribution is -2.32. The number of sulfonamides is 1. The van der Waals surface area contributed by atoms with Gasteiger partial charge in [0.15, 0.2) is 0 Å². The van der Waals surface area contributed by atoms with Crippen LogP contribution in [0.5, 0.6) is 0 Å². The number of hydrogen-bond acceptors (Lipinski definition) is 3. The van der Waals surface area contributed by atoms with Gasteiger partial charge in [-0.1, -0.05) is 48.0 Å². The summed E-state index contributed by atoms with van der Waals surface area (Å²) in [5.74, 6) is -0.193. The second kappa shape index (κ2) is 8.47. The van der Waals surface area contributed by atoms with Crippen LogP contribution in [-0.2, 0) is 21.4 Å². The molecule has 0 bridgehead atoms. The van der Waals surface area contributed by atoms with Gasteiger partial charge in [0, 0.05) is 25.2 Å². The first-order valence-electron chi connectivity index (χ1n) is 8.53. The highest BCUT2D eigenvalue weighted by Gasteiger charge is 2.18. The number of nitrogens with zero attached hydrogens (tertiary/aromatic N) is 1. The van der Waals surface area contributed by atoms with Gasteiger partial charge in [0.25, 0.3) is 0 Å². The van der Waals surface area contributed by atoms with Gasteiger partial charge in [-0.25, -0.2) is 8.42 Å². The molecule has 2 aromatic rings. The molecule has 0 unspecified atom stereocenters. The van der Waals surface area contributed by atoms with Gasteiger partial charge in [-0.3, -0.25) is 4.79 Å². The monoisotopic (exact) mass is 374 g/mol. The average Bonchev–Trinajstić information content (AvgIpc) is 2.54. The van der Waals surface area contributed by atoms with Crippen LogP contribution in [0.2, 0.25) is 0 Å². The van der Waals surface area contributed by atoms with Crippen LogP contribution in [0.25, 0.3) is 0 Å². The summed E-state index contributed by atoms with van der Waals surface area (Å²) in [4.78, 5) is 12.4. The Labute approximate surface area is 156 Å². The fourth-order valence-electron chi connectivity index (χ4n) is 2.95. The maximum absolute atomic E-state index is 12.4. The van der Waals surface area contributed by atoms with Gasteiger partial charge < -0.3 is 5.32 Å². The molecule has 0 spiro atoms. The van der Waals surface area contributed by atoms with Crippen molar-refractivity contribution in [3.05, 3.63) is 64.7 Å². The van der Waals surface area contributed by atoms with Crippen LogP contribution < -0.4 is 5.32 Å². The minimum Gasteiger partial charge on any atom is -0.326 e. The van der Waals surface area contributed by atoms with Crippen molar-refractivity contribution < 1.29 is 13.2 Å². The molecule has 0 heterocycles. The number of anilines is 1. The van der Waals surface area contributed by atoms with Gasteiger partial charge in [-0.15, -0.1) is 0 Å². The smallest absolute Gasteiger partial charge is 0.225 e. The molecule has 0 radical (unpaired) electrons. The zero-order valence-electron chi connectivity index (χ0n) is 15.7. The van der Waals surface area contributed by atoms with Crippen molar-refractivity contribution in [3.8, 4) is 0 Å². The molecule has 1 N–H and O–H groups in total. The maximum atomic E-state index is 12.4. The largest absolute Gasteiger partial charge is 0.326 e. The minimum atomic E-state index is -3.40. The lowest BCUT2D eigenvalue weighted by Gasteiger charge is -2.20. The first-order valence-corrected chi connectivity index (χ1v) is 10.4. The summed E-state index contributed by atoms with van der Waals surface area (Å²) in [5, 5.41) is 2.92. The fraction of sp³-hybridized carbons (Fsp3) is 0.350. The molecule has 0 aromatic heterocycles. The zero-order valence-corrected chi connectivity index (χ0v) is 16.6. The Morgan fingerprint density at radius 3 is 2.15 bits per heavy atom. The Bertz CT molecular complexity index is 854. The highest BCUT2D eigenvalue weighted by Crippen LogP contribution is 2.22. The van der Waals surface area contributed by atoms with E-state index in [9.17, 15) is 13.2 Å². The summed E-state index contributed by atoms with van der Waals surface area (Å²) in [5.41, 5.74) is 4.84. The number of aryl methyl sites for hydroxylation is 3. The van der Waals surface area contributed by atoms with Crippen LogP contribution in [0, 0.1) is 20.8 Å². The van der Waals surface area contributed by atoms with E-state index >= 15 is 0 Å². The standard InChI is InChI=1S/C20H26N2O3S/c1-15-12-16(2)20(17(3)13-15)21-19(23)10-11-22(26(4,24)25)14-18-8-6-5-7-9-18/h5-9,12-13H,10-11,14H2,1-4H3,(H,21,23). The van der Waals surface area contributed by atoms with Gasteiger partial charge in [-0.05, 0) is 37.5 Å². The van der Waals surface area contributed by atoms with Gasteiger partial charge in [0.1, 0.15) is 0 Å². The average molecular weight is 375 g/mol. The summed E-state index contributed by atoms with van der Waals surface area (Å²) >= 11 is 0. The van der Waals surface area contributed by atoms with Crippen LogP contribution in [-0.4, -0.2) is 31.4 Å². The van der Waals surface area contributed by atoms with Crippen molar-refractivity contribution in [1.82, 2.24) is 4.31 Å². The van der Waals surface area contributed by atoms with Crippen LogP contribution in [0.3, 0.4) is 0 Å². The predicted molar refractivity (Wildman–Crippen MR) is 106 cm³/mol. The molecule has 1 amide bonds. The SMILES string of the molecule is Cc1cc(C)c(NC(=O)CCN(Cc2ccccc2)S(C)(=O)=O)c(C)c1. The summed E-state index contributed by atoms with van der Waals surface area (Å²) in [6, 6.07) is 13.4. The van der Waals surface area contributed by atoms with Crippen molar-refractivity contribution in [2.45, 2.75) is 33.7 Å². The first-order chi connectivity index (χ1) is 12.2. The normalized spacial score (nSPS) is 11.6. The van der Waals surface area contributed by atoms with E-state index in [0.717, 1.165) is 27.9 Å². The molecule has 140 valence electrons. The molecule has 0 saturated heterocycles. The molecule has 0 aliphatic heterocycles.